The molecule has 0 spiro atoms. The number of rotatable bonds is 4. The van der Waals surface area contributed by atoms with Gasteiger partial charge in [-0.3, -0.25) is 4.79 Å². The van der Waals surface area contributed by atoms with Crippen LogP contribution in [-0.4, -0.2) is 15.5 Å². The molecule has 3 rings (SSSR count). The minimum Gasteiger partial charge on any atom is -0.348 e. The van der Waals surface area contributed by atoms with Crippen LogP contribution < -0.4 is 5.32 Å². The van der Waals surface area contributed by atoms with E-state index in [2.05, 4.69) is 10.3 Å². The molecule has 0 saturated heterocycles. The van der Waals surface area contributed by atoms with Gasteiger partial charge in [-0.25, -0.2) is 9.37 Å². The van der Waals surface area contributed by atoms with E-state index in [4.69, 9.17) is 0 Å². The summed E-state index contributed by atoms with van der Waals surface area (Å²) in [6.45, 7) is 6.27. The lowest BCUT2D eigenvalue weighted by molar-refractivity contribution is -0.128. The van der Waals surface area contributed by atoms with Crippen molar-refractivity contribution in [2.75, 3.05) is 0 Å². The molecule has 4 nitrogen and oxygen atoms in total. The highest BCUT2D eigenvalue weighted by molar-refractivity contribution is 5.81. The van der Waals surface area contributed by atoms with Gasteiger partial charge in [0.05, 0.1) is 24.1 Å². The second kappa shape index (κ2) is 6.67. The molecule has 1 aromatic heterocycles. The molecule has 0 aliphatic carbocycles. The fourth-order valence-corrected chi connectivity index (χ4v) is 2.66. The first kappa shape index (κ1) is 17.1. The van der Waals surface area contributed by atoms with Crippen molar-refractivity contribution >= 4 is 16.9 Å². The van der Waals surface area contributed by atoms with Gasteiger partial charge in [-0.2, -0.15) is 0 Å². The van der Waals surface area contributed by atoms with Crippen molar-refractivity contribution in [2.45, 2.75) is 33.9 Å². The molecule has 1 heterocycles. The number of aromatic nitrogens is 2. The maximum Gasteiger partial charge on any atom is 0.225 e. The molecular formula is C20H22FN3O. The Balaban J connectivity index is 1.95. The van der Waals surface area contributed by atoms with Gasteiger partial charge in [-0.1, -0.05) is 51.1 Å². The van der Waals surface area contributed by atoms with Crippen LogP contribution in [0.2, 0.25) is 0 Å². The molecular weight excluding hydrogens is 317 g/mol. The number of halogens is 1. The highest BCUT2D eigenvalue weighted by atomic mass is 19.1. The van der Waals surface area contributed by atoms with E-state index >= 15 is 0 Å². The number of carbonyl (C=O) groups excluding carboxylic acids is 1. The van der Waals surface area contributed by atoms with Gasteiger partial charge in [0.25, 0.3) is 0 Å². The minimum absolute atomic E-state index is 0.0444. The Bertz CT molecular complexity index is 909. The summed E-state index contributed by atoms with van der Waals surface area (Å²) in [6.07, 6.45) is 0. The molecule has 1 amide bonds. The summed E-state index contributed by atoms with van der Waals surface area (Å²) < 4.78 is 16.0. The van der Waals surface area contributed by atoms with Gasteiger partial charge < -0.3 is 9.88 Å². The van der Waals surface area contributed by atoms with E-state index in [9.17, 15) is 9.18 Å². The van der Waals surface area contributed by atoms with E-state index in [-0.39, 0.29) is 11.7 Å². The Morgan fingerprint density at radius 1 is 1.12 bits per heavy atom. The Kier molecular flexibility index (Phi) is 4.57. The number of carbonyl (C=O) groups is 1. The van der Waals surface area contributed by atoms with Crippen molar-refractivity contribution in [2.24, 2.45) is 5.41 Å². The third-order valence-corrected chi connectivity index (χ3v) is 4.11. The molecule has 3 aromatic rings. The zero-order valence-electron chi connectivity index (χ0n) is 14.7. The van der Waals surface area contributed by atoms with Gasteiger partial charge in [0.2, 0.25) is 5.91 Å². The van der Waals surface area contributed by atoms with Gasteiger partial charge >= 0.3 is 0 Å². The fourth-order valence-electron chi connectivity index (χ4n) is 2.66. The predicted octanol–water partition coefficient (Wildman–Crippen LogP) is 3.89. The van der Waals surface area contributed by atoms with Crippen molar-refractivity contribution < 1.29 is 9.18 Å². The van der Waals surface area contributed by atoms with Crippen LogP contribution >= 0.6 is 0 Å². The molecule has 0 fully saturated rings. The summed E-state index contributed by atoms with van der Waals surface area (Å²) in [6, 6.07) is 14.4. The van der Waals surface area contributed by atoms with Gasteiger partial charge in [0.1, 0.15) is 11.6 Å². The molecule has 0 aliphatic heterocycles. The first-order chi connectivity index (χ1) is 11.9. The molecule has 2 aromatic carbocycles. The Morgan fingerprint density at radius 3 is 2.52 bits per heavy atom. The van der Waals surface area contributed by atoms with Gasteiger partial charge in [0, 0.05) is 11.0 Å². The molecule has 0 saturated carbocycles. The van der Waals surface area contributed by atoms with E-state index < -0.39 is 5.41 Å². The molecule has 0 aliphatic rings. The lowest BCUT2D eigenvalue weighted by Crippen LogP contribution is -2.35. The lowest BCUT2D eigenvalue weighted by atomic mass is 9.96. The van der Waals surface area contributed by atoms with E-state index in [1.165, 1.54) is 6.07 Å². The third kappa shape index (κ3) is 3.71. The van der Waals surface area contributed by atoms with Crippen LogP contribution in [0, 0.1) is 11.2 Å². The quantitative estimate of drug-likeness (QED) is 0.784. The van der Waals surface area contributed by atoms with E-state index in [0.717, 1.165) is 11.0 Å². The summed E-state index contributed by atoms with van der Waals surface area (Å²) in [5.41, 5.74) is 1.88. The molecule has 0 radical (unpaired) electrons. The van der Waals surface area contributed by atoms with Crippen LogP contribution in [0.15, 0.2) is 48.5 Å². The van der Waals surface area contributed by atoms with E-state index in [1.807, 2.05) is 55.7 Å². The second-order valence-corrected chi connectivity index (χ2v) is 7.13. The van der Waals surface area contributed by atoms with Crippen LogP contribution in [0.5, 0.6) is 0 Å². The van der Waals surface area contributed by atoms with E-state index in [1.54, 1.807) is 12.1 Å². The number of imidazole rings is 1. The van der Waals surface area contributed by atoms with Gasteiger partial charge in [-0.15, -0.1) is 0 Å². The average Bonchev–Trinajstić information content (AvgIpc) is 2.91. The Hall–Kier alpha value is -2.69. The molecule has 0 atom stereocenters. The van der Waals surface area contributed by atoms with Gasteiger partial charge in [-0.05, 0) is 18.2 Å². The first-order valence-electron chi connectivity index (χ1n) is 8.32. The number of amides is 1. The maximum absolute atomic E-state index is 14.1. The molecule has 130 valence electrons. The summed E-state index contributed by atoms with van der Waals surface area (Å²) >= 11 is 0. The van der Waals surface area contributed by atoms with Crippen molar-refractivity contribution in [3.05, 3.63) is 65.7 Å². The minimum atomic E-state index is -0.470. The smallest absolute Gasteiger partial charge is 0.225 e. The van der Waals surface area contributed by atoms with Crippen LogP contribution in [0.3, 0.4) is 0 Å². The summed E-state index contributed by atoms with van der Waals surface area (Å²) in [7, 11) is 0. The number of nitrogens with zero attached hydrogens (tertiary/aromatic N) is 2. The lowest BCUT2D eigenvalue weighted by Gasteiger charge is -2.18. The largest absolute Gasteiger partial charge is 0.348 e. The molecule has 0 unspecified atom stereocenters. The molecule has 1 N–H and O–H groups in total. The summed E-state index contributed by atoms with van der Waals surface area (Å²) in [5.74, 6) is 0.420. The summed E-state index contributed by atoms with van der Waals surface area (Å²) in [4.78, 5) is 16.8. The van der Waals surface area contributed by atoms with E-state index in [0.29, 0.717) is 24.5 Å². The van der Waals surface area contributed by atoms with Crippen LogP contribution in [0.1, 0.15) is 32.2 Å². The number of hydrogen-bond acceptors (Lipinski definition) is 2. The molecule has 25 heavy (non-hydrogen) atoms. The first-order valence-corrected chi connectivity index (χ1v) is 8.32. The Labute approximate surface area is 146 Å². The van der Waals surface area contributed by atoms with Crippen molar-refractivity contribution in [1.82, 2.24) is 14.9 Å². The highest BCUT2D eigenvalue weighted by Gasteiger charge is 2.21. The highest BCUT2D eigenvalue weighted by Crippen LogP contribution is 2.20. The Morgan fingerprint density at radius 2 is 1.80 bits per heavy atom. The topological polar surface area (TPSA) is 46.9 Å². The van der Waals surface area contributed by atoms with Crippen LogP contribution in [0.4, 0.5) is 4.39 Å². The number of para-hydroxylation sites is 2. The van der Waals surface area contributed by atoms with Crippen molar-refractivity contribution in [3.63, 3.8) is 0 Å². The zero-order chi connectivity index (χ0) is 18.0. The molecule has 0 bridgehead atoms. The third-order valence-electron chi connectivity index (χ3n) is 4.11. The molecule has 5 heteroatoms. The fraction of sp³-hybridized carbons (Fsp3) is 0.300. The number of hydrogen-bond donors (Lipinski definition) is 1. The maximum atomic E-state index is 14.1. The van der Waals surface area contributed by atoms with Crippen molar-refractivity contribution in [1.29, 1.82) is 0 Å². The van der Waals surface area contributed by atoms with Gasteiger partial charge in [0.15, 0.2) is 0 Å². The standard InChI is InChI=1S/C20H22FN3O/c1-20(2,3)19(25)22-12-18-23-16-10-6-7-11-17(16)24(18)13-14-8-4-5-9-15(14)21/h4-11H,12-13H2,1-3H3,(H,22,25). The number of fused-ring (bicyclic) bond motifs is 1. The normalized spacial score (nSPS) is 11.7. The second-order valence-electron chi connectivity index (χ2n) is 7.13. The SMILES string of the molecule is CC(C)(C)C(=O)NCc1nc2ccccc2n1Cc1ccccc1F. The summed E-state index contributed by atoms with van der Waals surface area (Å²) in [5, 5.41) is 2.92. The monoisotopic (exact) mass is 339 g/mol. The van der Waals surface area contributed by atoms with Crippen molar-refractivity contribution in [3.8, 4) is 0 Å². The number of nitrogens with one attached hydrogen (secondary N) is 1. The van der Waals surface area contributed by atoms with Crippen LogP contribution in [0.25, 0.3) is 11.0 Å². The zero-order valence-corrected chi connectivity index (χ0v) is 14.7. The van der Waals surface area contributed by atoms with Crippen LogP contribution in [-0.2, 0) is 17.9 Å². The average molecular weight is 339 g/mol. The number of benzene rings is 2. The predicted molar refractivity (Wildman–Crippen MR) is 96.5 cm³/mol.